The van der Waals surface area contributed by atoms with Crippen molar-refractivity contribution < 1.29 is 24.5 Å². The minimum Gasteiger partial charge on any atom is -0.505 e. The van der Waals surface area contributed by atoms with Crippen LogP contribution < -0.4 is 10.1 Å². The quantitative estimate of drug-likeness (QED) is 0.752. The highest BCUT2D eigenvalue weighted by Gasteiger charge is 2.16. The van der Waals surface area contributed by atoms with E-state index in [1.165, 1.54) is 36.6 Å². The van der Waals surface area contributed by atoms with Crippen molar-refractivity contribution >= 4 is 28.9 Å². The second-order valence-electron chi connectivity index (χ2n) is 3.81. The molecule has 0 radical (unpaired) electrons. The van der Waals surface area contributed by atoms with Crippen LogP contribution in [0, 0.1) is 0 Å². The molecule has 104 valence electrons. The summed E-state index contributed by atoms with van der Waals surface area (Å²) < 4.78 is 4.97. The summed E-state index contributed by atoms with van der Waals surface area (Å²) in [6.45, 7) is 0. The predicted molar refractivity (Wildman–Crippen MR) is 73.9 cm³/mol. The van der Waals surface area contributed by atoms with Crippen molar-refractivity contribution in [2.75, 3.05) is 12.4 Å². The van der Waals surface area contributed by atoms with Gasteiger partial charge in [0.1, 0.15) is 11.3 Å². The van der Waals surface area contributed by atoms with Gasteiger partial charge in [0.15, 0.2) is 5.75 Å². The van der Waals surface area contributed by atoms with Gasteiger partial charge in [-0.05, 0) is 12.1 Å². The molecule has 0 fully saturated rings. The molecular weight excluding hydrogens is 282 g/mol. The number of amides is 1. The van der Waals surface area contributed by atoms with Crippen LogP contribution in [0.25, 0.3) is 0 Å². The first-order valence-electron chi connectivity index (χ1n) is 5.52. The molecule has 0 aliphatic rings. The zero-order valence-corrected chi connectivity index (χ0v) is 11.2. The molecule has 3 N–H and O–H groups in total. The molecule has 1 aromatic carbocycles. The first-order valence-corrected chi connectivity index (χ1v) is 6.40. The average Bonchev–Trinajstić information content (AvgIpc) is 2.89. The van der Waals surface area contributed by atoms with Gasteiger partial charge in [-0.1, -0.05) is 6.07 Å². The number of hydrogen-bond donors (Lipinski definition) is 3. The lowest BCUT2D eigenvalue weighted by atomic mass is 10.1. The average molecular weight is 293 g/mol. The lowest BCUT2D eigenvalue weighted by Crippen LogP contribution is -2.11. The van der Waals surface area contributed by atoms with Gasteiger partial charge in [0, 0.05) is 11.4 Å². The maximum atomic E-state index is 12.0. The Labute approximate surface area is 118 Å². The lowest BCUT2D eigenvalue weighted by Gasteiger charge is -2.08. The Morgan fingerprint density at radius 1 is 1.35 bits per heavy atom. The van der Waals surface area contributed by atoms with Gasteiger partial charge in [-0.3, -0.25) is 4.79 Å². The number of carbonyl (C=O) groups excluding carboxylic acids is 1. The zero-order valence-electron chi connectivity index (χ0n) is 10.4. The third-order valence-electron chi connectivity index (χ3n) is 2.55. The highest BCUT2D eigenvalue weighted by molar-refractivity contribution is 7.12. The zero-order chi connectivity index (χ0) is 14.7. The topological polar surface area (TPSA) is 95.9 Å². The van der Waals surface area contributed by atoms with Crippen LogP contribution in [0.15, 0.2) is 29.6 Å². The molecular formula is C13H11NO5S. The summed E-state index contributed by atoms with van der Waals surface area (Å²) in [4.78, 5) is 23.2. The third-order valence-corrected chi connectivity index (χ3v) is 3.46. The fourth-order valence-electron chi connectivity index (χ4n) is 1.55. The Morgan fingerprint density at radius 2 is 2.10 bits per heavy atom. The molecule has 0 aliphatic carbocycles. The van der Waals surface area contributed by atoms with E-state index in [0.717, 1.165) is 0 Å². The number of aromatic hydroxyl groups is 1. The Balaban J connectivity index is 2.24. The van der Waals surface area contributed by atoms with Crippen molar-refractivity contribution in [2.45, 2.75) is 0 Å². The molecule has 2 rings (SSSR count). The van der Waals surface area contributed by atoms with Gasteiger partial charge in [0.25, 0.3) is 5.91 Å². The van der Waals surface area contributed by atoms with Crippen LogP contribution in [0.3, 0.4) is 0 Å². The number of benzene rings is 1. The Bertz CT molecular complexity index is 665. The Morgan fingerprint density at radius 3 is 2.70 bits per heavy atom. The molecule has 0 bridgehead atoms. The van der Waals surface area contributed by atoms with Gasteiger partial charge in [0.05, 0.1) is 17.7 Å². The summed E-state index contributed by atoms with van der Waals surface area (Å²) in [5.74, 6) is -1.63. The Hall–Kier alpha value is -2.54. The van der Waals surface area contributed by atoms with Gasteiger partial charge in [-0.15, -0.1) is 11.3 Å². The van der Waals surface area contributed by atoms with Crippen LogP contribution in [0.5, 0.6) is 11.5 Å². The summed E-state index contributed by atoms with van der Waals surface area (Å²) in [5.41, 5.74) is -0.228. The summed E-state index contributed by atoms with van der Waals surface area (Å²) in [6, 6.07) is 5.66. The van der Waals surface area contributed by atoms with Gasteiger partial charge < -0.3 is 20.3 Å². The van der Waals surface area contributed by atoms with E-state index in [2.05, 4.69) is 5.32 Å². The first kappa shape index (κ1) is 13.9. The maximum absolute atomic E-state index is 12.0. The molecule has 2 aromatic rings. The molecule has 0 saturated carbocycles. The number of carbonyl (C=O) groups is 2. The monoisotopic (exact) mass is 293 g/mol. The maximum Gasteiger partial charge on any atom is 0.339 e. The molecule has 0 spiro atoms. The molecule has 6 nitrogen and oxygen atoms in total. The van der Waals surface area contributed by atoms with Crippen molar-refractivity contribution in [3.63, 3.8) is 0 Å². The second-order valence-corrected chi connectivity index (χ2v) is 4.72. The largest absolute Gasteiger partial charge is 0.505 e. The van der Waals surface area contributed by atoms with Crippen molar-refractivity contribution in [1.29, 1.82) is 0 Å². The number of hydrogen-bond acceptors (Lipinski definition) is 5. The standard InChI is InChI=1S/C13H11NO5S/c1-19-7-5-10(20-6-7)12(16)14-9-4-2-3-8(11(9)15)13(17)18/h2-6,15H,1H3,(H,14,16)(H,17,18). The third kappa shape index (κ3) is 2.72. The van der Waals surface area contributed by atoms with E-state index in [9.17, 15) is 14.7 Å². The molecule has 0 unspecified atom stereocenters. The lowest BCUT2D eigenvalue weighted by molar-refractivity contribution is 0.0693. The number of nitrogens with one attached hydrogen (secondary N) is 1. The second kappa shape index (κ2) is 5.62. The fraction of sp³-hybridized carbons (Fsp3) is 0.0769. The van der Waals surface area contributed by atoms with E-state index in [1.807, 2.05) is 0 Å². The fourth-order valence-corrected chi connectivity index (χ4v) is 2.30. The summed E-state index contributed by atoms with van der Waals surface area (Å²) in [5, 5.41) is 22.8. The van der Waals surface area contributed by atoms with Gasteiger partial charge in [-0.25, -0.2) is 4.79 Å². The number of ether oxygens (including phenoxy) is 1. The minimum absolute atomic E-state index is 0.0438. The van der Waals surface area contributed by atoms with Crippen LogP contribution >= 0.6 is 11.3 Å². The minimum atomic E-state index is -1.27. The number of carboxylic acid groups (broad SMARTS) is 1. The van der Waals surface area contributed by atoms with Gasteiger partial charge in [0.2, 0.25) is 0 Å². The molecule has 20 heavy (non-hydrogen) atoms. The molecule has 0 saturated heterocycles. The number of anilines is 1. The van der Waals surface area contributed by atoms with Crippen molar-refractivity contribution in [2.24, 2.45) is 0 Å². The van der Waals surface area contributed by atoms with Gasteiger partial charge >= 0.3 is 5.97 Å². The van der Waals surface area contributed by atoms with Crippen LogP contribution in [-0.4, -0.2) is 29.2 Å². The van der Waals surface area contributed by atoms with E-state index >= 15 is 0 Å². The molecule has 1 aromatic heterocycles. The highest BCUT2D eigenvalue weighted by Crippen LogP contribution is 2.29. The molecule has 7 heteroatoms. The van der Waals surface area contributed by atoms with E-state index in [1.54, 1.807) is 11.4 Å². The van der Waals surface area contributed by atoms with Crippen molar-refractivity contribution in [1.82, 2.24) is 0 Å². The summed E-state index contributed by atoms with van der Waals surface area (Å²) >= 11 is 1.18. The Kier molecular flexibility index (Phi) is 3.90. The van der Waals surface area contributed by atoms with Gasteiger partial charge in [-0.2, -0.15) is 0 Å². The number of aromatic carboxylic acids is 1. The number of rotatable bonds is 4. The molecule has 1 amide bonds. The van der Waals surface area contributed by atoms with E-state index in [-0.39, 0.29) is 11.3 Å². The normalized spacial score (nSPS) is 10.1. The summed E-state index contributed by atoms with van der Waals surface area (Å²) in [7, 11) is 1.49. The molecule has 1 heterocycles. The number of phenols is 1. The van der Waals surface area contributed by atoms with E-state index < -0.39 is 17.6 Å². The number of methoxy groups -OCH3 is 1. The smallest absolute Gasteiger partial charge is 0.339 e. The van der Waals surface area contributed by atoms with Crippen molar-refractivity contribution in [3.8, 4) is 11.5 Å². The van der Waals surface area contributed by atoms with E-state index in [4.69, 9.17) is 9.84 Å². The van der Waals surface area contributed by atoms with Crippen LogP contribution in [0.4, 0.5) is 5.69 Å². The van der Waals surface area contributed by atoms with Crippen LogP contribution in [0.2, 0.25) is 0 Å². The number of para-hydroxylation sites is 1. The SMILES string of the molecule is COc1csc(C(=O)Nc2cccc(C(=O)O)c2O)c1. The number of carboxylic acids is 1. The molecule has 0 aliphatic heterocycles. The van der Waals surface area contributed by atoms with Crippen molar-refractivity contribution in [3.05, 3.63) is 40.1 Å². The highest BCUT2D eigenvalue weighted by atomic mass is 32.1. The first-order chi connectivity index (χ1) is 9.52. The summed E-state index contributed by atoms with van der Waals surface area (Å²) in [6.07, 6.45) is 0. The van der Waals surface area contributed by atoms with Crippen LogP contribution in [0.1, 0.15) is 20.0 Å². The van der Waals surface area contributed by atoms with Crippen LogP contribution in [-0.2, 0) is 0 Å². The molecule has 0 atom stereocenters. The predicted octanol–water partition coefficient (Wildman–Crippen LogP) is 2.41. The number of thiophene rings is 1. The van der Waals surface area contributed by atoms with E-state index in [0.29, 0.717) is 10.6 Å².